The molecule has 0 spiro atoms. The van der Waals surface area contributed by atoms with Crippen molar-refractivity contribution in [3.8, 4) is 5.75 Å². The van der Waals surface area contributed by atoms with Gasteiger partial charge >= 0.3 is 5.97 Å². The van der Waals surface area contributed by atoms with Crippen LogP contribution in [0.25, 0.3) is 10.9 Å². The molecule has 2 unspecified atom stereocenters. The van der Waals surface area contributed by atoms with Crippen molar-refractivity contribution in [1.82, 2.24) is 15.6 Å². The molecule has 0 aliphatic carbocycles. The van der Waals surface area contributed by atoms with Crippen molar-refractivity contribution >= 4 is 28.7 Å². The summed E-state index contributed by atoms with van der Waals surface area (Å²) in [7, 11) is 0. The highest BCUT2D eigenvalue weighted by atomic mass is 16.5. The number of aromatic amines is 1. The highest BCUT2D eigenvalue weighted by molar-refractivity contribution is 5.91. The molecule has 0 saturated heterocycles. The molecule has 4 N–H and O–H groups in total. The van der Waals surface area contributed by atoms with E-state index in [0.29, 0.717) is 0 Å². The van der Waals surface area contributed by atoms with Crippen molar-refractivity contribution in [3.05, 3.63) is 65.9 Å². The predicted octanol–water partition coefficient (Wildman–Crippen LogP) is 2.99. The number of aromatic hydroxyl groups is 1. The number of hydrogen-bond acceptors (Lipinski definition) is 5. The number of rotatable bonds is 11. The molecule has 0 aliphatic rings. The van der Waals surface area contributed by atoms with Crippen molar-refractivity contribution in [2.24, 2.45) is 0 Å². The number of para-hydroxylation sites is 1. The molecule has 3 rings (SSSR count). The lowest BCUT2D eigenvalue weighted by molar-refractivity contribution is -0.148. The summed E-state index contributed by atoms with van der Waals surface area (Å²) in [5.41, 5.74) is 2.57. The van der Waals surface area contributed by atoms with Gasteiger partial charge in [0.2, 0.25) is 11.8 Å². The smallest absolute Gasteiger partial charge is 0.328 e. The first-order valence-corrected chi connectivity index (χ1v) is 11.4. The summed E-state index contributed by atoms with van der Waals surface area (Å²) in [6.45, 7) is 3.61. The Hall–Kier alpha value is -3.81. The molecule has 2 aromatic carbocycles. The summed E-state index contributed by atoms with van der Waals surface area (Å²) in [5.74, 6) is -1.26. The van der Waals surface area contributed by atoms with Gasteiger partial charge in [0.25, 0.3) is 0 Å². The zero-order valence-electron chi connectivity index (χ0n) is 19.5. The Morgan fingerprint density at radius 1 is 1.00 bits per heavy atom. The summed E-state index contributed by atoms with van der Waals surface area (Å²) in [6.07, 6.45) is 3.88. The molecule has 3 aromatic rings. The van der Waals surface area contributed by atoms with E-state index in [9.17, 15) is 19.5 Å². The van der Waals surface area contributed by atoms with E-state index in [0.717, 1.165) is 34.9 Å². The molecule has 0 saturated carbocycles. The van der Waals surface area contributed by atoms with E-state index in [1.807, 2.05) is 37.4 Å². The third-order valence-corrected chi connectivity index (χ3v) is 5.51. The van der Waals surface area contributed by atoms with Crippen LogP contribution in [0.2, 0.25) is 0 Å². The van der Waals surface area contributed by atoms with Gasteiger partial charge in [0.1, 0.15) is 17.8 Å². The van der Waals surface area contributed by atoms with Gasteiger partial charge in [-0.1, -0.05) is 43.7 Å². The summed E-state index contributed by atoms with van der Waals surface area (Å²) < 4.78 is 5.42. The number of amides is 2. The van der Waals surface area contributed by atoms with E-state index in [2.05, 4.69) is 15.6 Å². The minimum Gasteiger partial charge on any atom is -0.508 e. The molecule has 0 fully saturated rings. The van der Waals surface area contributed by atoms with Gasteiger partial charge in [-0.2, -0.15) is 0 Å². The number of phenols is 1. The van der Waals surface area contributed by atoms with Crippen molar-refractivity contribution in [2.75, 3.05) is 6.61 Å². The molecule has 8 heteroatoms. The molecular weight excluding hydrogens is 434 g/mol. The normalized spacial score (nSPS) is 12.6. The van der Waals surface area contributed by atoms with Crippen LogP contribution in [0.1, 0.15) is 37.8 Å². The molecule has 2 atom stereocenters. The monoisotopic (exact) mass is 465 g/mol. The van der Waals surface area contributed by atoms with Crippen molar-refractivity contribution in [2.45, 2.75) is 51.6 Å². The molecule has 8 nitrogen and oxygen atoms in total. The first-order valence-electron chi connectivity index (χ1n) is 11.4. The van der Waals surface area contributed by atoms with Gasteiger partial charge in [-0.25, -0.2) is 4.79 Å². The molecule has 2 amide bonds. The quantitative estimate of drug-likeness (QED) is 0.256. The van der Waals surface area contributed by atoms with E-state index < -0.39 is 24.0 Å². The van der Waals surface area contributed by atoms with Crippen LogP contribution in [0.3, 0.4) is 0 Å². The number of ether oxygens (including phenoxy) is 1. The lowest BCUT2D eigenvalue weighted by Gasteiger charge is -2.22. The molecule has 34 heavy (non-hydrogen) atoms. The second-order valence-electron chi connectivity index (χ2n) is 8.27. The Morgan fingerprint density at radius 2 is 1.74 bits per heavy atom. The molecule has 0 bridgehead atoms. The van der Waals surface area contributed by atoms with Crippen LogP contribution in [-0.2, 0) is 32.0 Å². The minimum absolute atomic E-state index is 0.109. The second-order valence-corrected chi connectivity index (χ2v) is 8.27. The Labute approximate surface area is 198 Å². The summed E-state index contributed by atoms with van der Waals surface area (Å²) >= 11 is 0. The molecule has 1 heterocycles. The number of nitrogens with one attached hydrogen (secondary N) is 3. The average Bonchev–Trinajstić information content (AvgIpc) is 3.22. The first kappa shape index (κ1) is 24.8. The van der Waals surface area contributed by atoms with Crippen LogP contribution in [0.5, 0.6) is 5.75 Å². The number of benzene rings is 2. The molecule has 1 aromatic heterocycles. The van der Waals surface area contributed by atoms with E-state index in [1.165, 1.54) is 19.1 Å². The van der Waals surface area contributed by atoms with Gasteiger partial charge in [-0.15, -0.1) is 0 Å². The Balaban J connectivity index is 1.79. The summed E-state index contributed by atoms with van der Waals surface area (Å²) in [5, 5.41) is 15.9. The van der Waals surface area contributed by atoms with Crippen LogP contribution in [0.15, 0.2) is 54.7 Å². The summed E-state index contributed by atoms with van der Waals surface area (Å²) in [6, 6.07) is 12.3. The van der Waals surface area contributed by atoms with Crippen LogP contribution in [0.4, 0.5) is 0 Å². The minimum atomic E-state index is -0.917. The van der Waals surface area contributed by atoms with Gasteiger partial charge < -0.3 is 25.5 Å². The fourth-order valence-electron chi connectivity index (χ4n) is 3.73. The van der Waals surface area contributed by atoms with Crippen molar-refractivity contribution in [1.29, 1.82) is 0 Å². The standard InChI is InChI=1S/C26H31N3O5/c1-3-4-13-34-26(33)24(15-19-16-27-22-8-6-5-7-21(19)22)29-25(32)23(28-17(2)30)14-18-9-11-20(31)12-10-18/h5-12,16,23-24,27,31H,3-4,13-15H2,1-2H3,(H,28,30)(H,29,32). The van der Waals surface area contributed by atoms with E-state index >= 15 is 0 Å². The van der Waals surface area contributed by atoms with Gasteiger partial charge in [-0.3, -0.25) is 9.59 Å². The molecule has 0 aliphatic heterocycles. The number of aromatic nitrogens is 1. The van der Waals surface area contributed by atoms with Gasteiger partial charge in [-0.05, 0) is 35.7 Å². The number of esters is 1. The van der Waals surface area contributed by atoms with Crippen LogP contribution in [-0.4, -0.2) is 46.6 Å². The zero-order valence-corrected chi connectivity index (χ0v) is 19.5. The Morgan fingerprint density at radius 3 is 2.44 bits per heavy atom. The number of hydrogen-bond donors (Lipinski definition) is 4. The van der Waals surface area contributed by atoms with Crippen LogP contribution < -0.4 is 10.6 Å². The maximum Gasteiger partial charge on any atom is 0.328 e. The lowest BCUT2D eigenvalue weighted by Crippen LogP contribution is -2.53. The molecular formula is C26H31N3O5. The molecule has 0 radical (unpaired) electrons. The lowest BCUT2D eigenvalue weighted by atomic mass is 10.0. The third-order valence-electron chi connectivity index (χ3n) is 5.51. The topological polar surface area (TPSA) is 121 Å². The Kier molecular flexibility index (Phi) is 8.67. The number of unbranched alkanes of at least 4 members (excludes halogenated alkanes) is 1. The first-order chi connectivity index (χ1) is 16.4. The molecule has 180 valence electrons. The van der Waals surface area contributed by atoms with Gasteiger partial charge in [0, 0.05) is 36.9 Å². The van der Waals surface area contributed by atoms with E-state index in [-0.39, 0.29) is 31.1 Å². The summed E-state index contributed by atoms with van der Waals surface area (Å²) in [4.78, 5) is 41.0. The highest BCUT2D eigenvalue weighted by Gasteiger charge is 2.28. The highest BCUT2D eigenvalue weighted by Crippen LogP contribution is 2.20. The average molecular weight is 466 g/mol. The van der Waals surface area contributed by atoms with E-state index in [4.69, 9.17) is 4.74 Å². The third kappa shape index (κ3) is 6.84. The maximum absolute atomic E-state index is 13.2. The van der Waals surface area contributed by atoms with Crippen molar-refractivity contribution in [3.63, 3.8) is 0 Å². The van der Waals surface area contributed by atoms with Crippen molar-refractivity contribution < 1.29 is 24.2 Å². The van der Waals surface area contributed by atoms with Gasteiger partial charge in [0.05, 0.1) is 6.61 Å². The largest absolute Gasteiger partial charge is 0.508 e. The SMILES string of the molecule is CCCCOC(=O)C(Cc1c[nH]c2ccccc12)NC(=O)C(Cc1ccc(O)cc1)NC(C)=O. The number of H-pyrrole nitrogens is 1. The predicted molar refractivity (Wildman–Crippen MR) is 129 cm³/mol. The second kappa shape index (κ2) is 11.9. The van der Waals surface area contributed by atoms with Gasteiger partial charge in [0.15, 0.2) is 0 Å². The maximum atomic E-state index is 13.2. The fraction of sp³-hybridized carbons (Fsp3) is 0.346. The number of carbonyl (C=O) groups excluding carboxylic acids is 3. The van der Waals surface area contributed by atoms with E-state index in [1.54, 1.807) is 12.1 Å². The zero-order chi connectivity index (χ0) is 24.5. The number of carbonyl (C=O) groups is 3. The van der Waals surface area contributed by atoms with Crippen LogP contribution in [0, 0.1) is 0 Å². The number of phenolic OH excluding ortho intramolecular Hbond substituents is 1. The van der Waals surface area contributed by atoms with Crippen LogP contribution >= 0.6 is 0 Å². The fourth-order valence-corrected chi connectivity index (χ4v) is 3.73. The number of fused-ring (bicyclic) bond motifs is 1. The Bertz CT molecular complexity index is 1120.